The van der Waals surface area contributed by atoms with Gasteiger partial charge in [0.25, 0.3) is 0 Å². The van der Waals surface area contributed by atoms with Gasteiger partial charge in [0.05, 0.1) is 34.6 Å². The number of hydrogen-bond donors (Lipinski definition) is 2. The van der Waals surface area contributed by atoms with E-state index in [0.29, 0.717) is 59.4 Å². The number of benzene rings is 2. The third kappa shape index (κ3) is 7.99. The normalized spacial score (nSPS) is 20.9. The molecule has 0 bridgehead atoms. The molecule has 2 N–H and O–H groups in total. The van der Waals surface area contributed by atoms with E-state index in [1.807, 2.05) is 33.4 Å². The van der Waals surface area contributed by atoms with E-state index in [-0.39, 0.29) is 45.9 Å². The largest absolute Gasteiger partial charge is 0.492 e. The van der Waals surface area contributed by atoms with Crippen LogP contribution in [0.5, 0.6) is 11.5 Å². The average molecular weight is 864 g/mol. The lowest BCUT2D eigenvalue weighted by molar-refractivity contribution is 0.0683. The molecule has 4 atom stereocenters. The number of carboxylic acid groups (broad SMARTS) is 2. The van der Waals surface area contributed by atoms with Crippen molar-refractivity contribution < 1.29 is 38.7 Å². The second-order valence-corrected chi connectivity index (χ2v) is 18.4. The maximum atomic E-state index is 12.5. The Balaban J connectivity index is 0.000000181. The van der Waals surface area contributed by atoms with Crippen LogP contribution in [0.4, 0.5) is 0 Å². The lowest BCUT2D eigenvalue weighted by atomic mass is 9.77. The van der Waals surface area contributed by atoms with Gasteiger partial charge in [-0.2, -0.15) is 0 Å². The second-order valence-electron chi connectivity index (χ2n) is 17.6. The Morgan fingerprint density at radius 3 is 1.38 bits per heavy atom. The molecule has 2 unspecified atom stereocenters. The topological polar surface area (TPSA) is 156 Å². The Bertz CT molecular complexity index is 2290. The minimum atomic E-state index is -1.20. The van der Waals surface area contributed by atoms with E-state index in [0.717, 1.165) is 60.8 Å². The molecule has 0 saturated heterocycles. The average Bonchev–Trinajstić information content (AvgIpc) is 3.69. The van der Waals surface area contributed by atoms with Gasteiger partial charge in [-0.1, -0.05) is 50.9 Å². The molecule has 4 aliphatic rings. The predicted octanol–water partition coefficient (Wildman–Crippen LogP) is 9.48. The van der Waals surface area contributed by atoms with Crippen molar-refractivity contribution in [1.82, 2.24) is 9.13 Å². The number of ether oxygens (including phenoxy) is 4. The zero-order valence-electron chi connectivity index (χ0n) is 34.8. The summed E-state index contributed by atoms with van der Waals surface area (Å²) in [5.74, 6) is -0.742. The Kier molecular flexibility index (Phi) is 12.3. The van der Waals surface area contributed by atoms with Gasteiger partial charge in [-0.05, 0) is 71.9 Å². The lowest BCUT2D eigenvalue weighted by Gasteiger charge is -2.40. The van der Waals surface area contributed by atoms with Gasteiger partial charge in [-0.25, -0.2) is 9.59 Å². The van der Waals surface area contributed by atoms with Crippen LogP contribution in [0.3, 0.4) is 0 Å². The van der Waals surface area contributed by atoms with Crippen molar-refractivity contribution in [2.75, 3.05) is 40.6 Å². The van der Waals surface area contributed by atoms with Crippen LogP contribution >= 0.6 is 23.2 Å². The third-order valence-electron chi connectivity index (χ3n) is 12.8. The standard InChI is InChI=1S/2C23H26ClNO5/c2*1-23(2)6-5-13-14-10-20(30-8-4-7-29-3)17(24)9-15(14)18-11-19(26)16(22(27)28)12-25(18)21(13)23/h2*9-13,21H,4-8H2,1-3H3,(H,27,28)/t2*13-,21?/m10/s1. The molecule has 2 fully saturated rings. The quantitative estimate of drug-likeness (QED) is 0.132. The number of halogens is 2. The number of pyridine rings is 2. The number of rotatable bonds is 12. The first-order valence-corrected chi connectivity index (χ1v) is 21.1. The SMILES string of the molecule is COCCCOc1cc2c(cc1Cl)-c1cc(=O)c(C(=O)O)cn1C1[C@@H]2CCC1(C)C.COCCCOc1cc2c(cc1Cl)-c1cc(=O)c(C(=O)O)cn1C1[C@H]2CCC1(C)C. The fourth-order valence-corrected chi connectivity index (χ4v) is 10.5. The van der Waals surface area contributed by atoms with Crippen LogP contribution in [0.25, 0.3) is 22.5 Å². The summed E-state index contributed by atoms with van der Waals surface area (Å²) in [6.07, 6.45) is 8.50. The molecule has 8 rings (SSSR count). The highest BCUT2D eigenvalue weighted by molar-refractivity contribution is 6.32. The van der Waals surface area contributed by atoms with Gasteiger partial charge < -0.3 is 38.3 Å². The summed E-state index contributed by atoms with van der Waals surface area (Å²) < 4.78 is 25.9. The second kappa shape index (κ2) is 17.0. The van der Waals surface area contributed by atoms with Gasteiger partial charge >= 0.3 is 11.9 Å². The molecular weight excluding hydrogens is 811 g/mol. The van der Waals surface area contributed by atoms with E-state index < -0.39 is 22.8 Å². The number of nitrogens with zero attached hydrogens (tertiary/aromatic N) is 2. The zero-order valence-corrected chi connectivity index (χ0v) is 36.3. The van der Waals surface area contributed by atoms with Crippen LogP contribution in [0.1, 0.15) is 122 Å². The first-order valence-electron chi connectivity index (χ1n) is 20.4. The molecule has 4 heterocycles. The van der Waals surface area contributed by atoms with Gasteiger partial charge in [0.1, 0.15) is 22.6 Å². The Morgan fingerprint density at radius 2 is 1.03 bits per heavy atom. The van der Waals surface area contributed by atoms with Crippen LogP contribution in [-0.2, 0) is 9.47 Å². The predicted molar refractivity (Wildman–Crippen MR) is 230 cm³/mol. The first kappa shape index (κ1) is 43.5. The molecule has 0 radical (unpaired) electrons. The first-order chi connectivity index (χ1) is 28.5. The van der Waals surface area contributed by atoms with Crippen LogP contribution in [0, 0.1) is 10.8 Å². The lowest BCUT2D eigenvalue weighted by Crippen LogP contribution is -2.32. The molecule has 0 spiro atoms. The van der Waals surface area contributed by atoms with E-state index in [9.17, 15) is 29.4 Å². The number of aromatic nitrogens is 2. The van der Waals surface area contributed by atoms with E-state index in [1.165, 1.54) is 24.5 Å². The smallest absolute Gasteiger partial charge is 0.341 e. The molecule has 2 saturated carbocycles. The Morgan fingerprint density at radius 1 is 0.650 bits per heavy atom. The highest BCUT2D eigenvalue weighted by Crippen LogP contribution is 2.61. The summed E-state index contributed by atoms with van der Waals surface area (Å²) in [5.41, 5.74) is 3.92. The third-order valence-corrected chi connectivity index (χ3v) is 13.4. The van der Waals surface area contributed by atoms with E-state index in [1.54, 1.807) is 14.2 Å². The van der Waals surface area contributed by atoms with Crippen molar-refractivity contribution >= 4 is 35.1 Å². The van der Waals surface area contributed by atoms with Gasteiger partial charge in [0.15, 0.2) is 10.9 Å². The highest BCUT2D eigenvalue weighted by atomic mass is 35.5. The van der Waals surface area contributed by atoms with E-state index >= 15 is 0 Å². The van der Waals surface area contributed by atoms with Crippen molar-refractivity contribution in [3.05, 3.63) is 102 Å². The molecule has 2 aromatic carbocycles. The molecule has 14 heteroatoms. The van der Waals surface area contributed by atoms with E-state index in [4.69, 9.17) is 42.1 Å². The molecule has 320 valence electrons. The van der Waals surface area contributed by atoms with Crippen molar-refractivity contribution in [2.45, 2.75) is 90.1 Å². The van der Waals surface area contributed by atoms with Crippen molar-refractivity contribution in [2.24, 2.45) is 10.8 Å². The molecule has 0 amide bonds. The number of carboxylic acids is 2. The van der Waals surface area contributed by atoms with Gasteiger partial charge in [0.2, 0.25) is 0 Å². The fraction of sp³-hybridized carbons (Fsp3) is 0.478. The van der Waals surface area contributed by atoms with Crippen LogP contribution in [0.2, 0.25) is 10.0 Å². The number of hydrogen-bond acceptors (Lipinski definition) is 8. The fourth-order valence-electron chi connectivity index (χ4n) is 10.0. The molecule has 60 heavy (non-hydrogen) atoms. The summed E-state index contributed by atoms with van der Waals surface area (Å²) in [4.78, 5) is 48.2. The van der Waals surface area contributed by atoms with Crippen LogP contribution < -0.4 is 20.3 Å². The summed E-state index contributed by atoms with van der Waals surface area (Å²) in [6, 6.07) is 10.7. The summed E-state index contributed by atoms with van der Waals surface area (Å²) in [5, 5.41) is 19.9. The molecule has 4 aromatic rings. The van der Waals surface area contributed by atoms with Gasteiger partial charge in [0, 0.05) is 99.8 Å². The number of carbonyl (C=O) groups is 2. The molecule has 2 aliphatic heterocycles. The van der Waals surface area contributed by atoms with Crippen molar-refractivity contribution in [3.8, 4) is 34.0 Å². The summed E-state index contributed by atoms with van der Waals surface area (Å²) in [6.45, 7) is 11.0. The van der Waals surface area contributed by atoms with Crippen LogP contribution in [-0.4, -0.2) is 71.9 Å². The van der Waals surface area contributed by atoms with E-state index in [2.05, 4.69) is 27.7 Å². The summed E-state index contributed by atoms with van der Waals surface area (Å²) in [7, 11) is 3.31. The highest BCUT2D eigenvalue weighted by Gasteiger charge is 2.49. The monoisotopic (exact) mass is 862 g/mol. The Hall–Kier alpha value is -4.62. The molecule has 2 aromatic heterocycles. The maximum absolute atomic E-state index is 12.5. The minimum absolute atomic E-state index is 0.0406. The van der Waals surface area contributed by atoms with Gasteiger partial charge in [-0.3, -0.25) is 9.59 Å². The molecule has 12 nitrogen and oxygen atoms in total. The molecular formula is C46H52Cl2N2O10. The minimum Gasteiger partial charge on any atom is -0.492 e. The van der Waals surface area contributed by atoms with Crippen molar-refractivity contribution in [1.29, 1.82) is 0 Å². The Labute approximate surface area is 358 Å². The maximum Gasteiger partial charge on any atom is 0.341 e. The van der Waals surface area contributed by atoms with Crippen LogP contribution in [0.15, 0.2) is 58.4 Å². The number of aromatic carboxylic acids is 2. The zero-order chi connectivity index (χ0) is 43.3. The number of fused-ring (bicyclic) bond motifs is 12. The van der Waals surface area contributed by atoms with Crippen molar-refractivity contribution in [3.63, 3.8) is 0 Å². The number of methoxy groups -OCH3 is 2. The van der Waals surface area contributed by atoms with Gasteiger partial charge in [-0.15, -0.1) is 0 Å². The molecule has 2 aliphatic carbocycles. The summed E-state index contributed by atoms with van der Waals surface area (Å²) >= 11 is 13.0.